The van der Waals surface area contributed by atoms with Gasteiger partial charge >= 0.3 is 0 Å². The summed E-state index contributed by atoms with van der Waals surface area (Å²) in [5.41, 5.74) is 0.131. The summed E-state index contributed by atoms with van der Waals surface area (Å²) in [6, 6.07) is 0. The Balaban J connectivity index is 2.89. The van der Waals surface area contributed by atoms with Crippen LogP contribution in [0, 0.1) is 0 Å². The third kappa shape index (κ3) is 1.53. The summed E-state index contributed by atoms with van der Waals surface area (Å²) in [5, 5.41) is 11.9. The van der Waals surface area contributed by atoms with E-state index in [9.17, 15) is 0 Å². The van der Waals surface area contributed by atoms with Crippen molar-refractivity contribution in [1.29, 1.82) is 0 Å². The smallest absolute Gasteiger partial charge is 0.105 e. The third-order valence-corrected chi connectivity index (χ3v) is 1.94. The minimum Gasteiger partial charge on any atom is -0.411 e. The van der Waals surface area contributed by atoms with Gasteiger partial charge in [0, 0.05) is 6.42 Å². The Morgan fingerprint density at radius 3 is 2.09 bits per heavy atom. The molecule has 64 valence electrons. The molecule has 0 atom stereocenters. The quantitative estimate of drug-likeness (QED) is 0.430. The van der Waals surface area contributed by atoms with Crippen LogP contribution in [-0.4, -0.2) is 22.1 Å². The second-order valence-electron chi connectivity index (χ2n) is 4.10. The first kappa shape index (κ1) is 8.53. The van der Waals surface area contributed by atoms with Crippen molar-refractivity contribution in [2.75, 3.05) is 0 Å². The number of nitrogens with zero attached hydrogens (tertiary/aromatic N) is 1. The van der Waals surface area contributed by atoms with Gasteiger partial charge in [-0.1, -0.05) is 5.16 Å². The second-order valence-corrected chi connectivity index (χ2v) is 4.10. The third-order valence-electron chi connectivity index (χ3n) is 1.94. The zero-order valence-corrected chi connectivity index (χ0v) is 7.51. The molecular formula is C8H15NO2. The van der Waals surface area contributed by atoms with Crippen molar-refractivity contribution in [3.8, 4) is 0 Å². The van der Waals surface area contributed by atoms with E-state index in [1.54, 1.807) is 0 Å². The number of ether oxygens (including phenoxy) is 1. The van der Waals surface area contributed by atoms with Crippen LogP contribution in [0.15, 0.2) is 5.16 Å². The molecule has 3 nitrogen and oxygen atoms in total. The van der Waals surface area contributed by atoms with Crippen molar-refractivity contribution in [3.05, 3.63) is 0 Å². The first-order valence-electron chi connectivity index (χ1n) is 3.79. The Hall–Kier alpha value is -0.570. The molecule has 0 unspecified atom stereocenters. The molecule has 0 aromatic carbocycles. The highest BCUT2D eigenvalue weighted by Gasteiger charge is 2.43. The van der Waals surface area contributed by atoms with Crippen molar-refractivity contribution in [3.63, 3.8) is 0 Å². The highest BCUT2D eigenvalue weighted by Crippen LogP contribution is 2.34. The molecule has 0 bridgehead atoms. The van der Waals surface area contributed by atoms with Crippen molar-refractivity contribution in [2.24, 2.45) is 5.16 Å². The molecule has 1 N–H and O–H groups in total. The van der Waals surface area contributed by atoms with Crippen LogP contribution in [0.25, 0.3) is 0 Å². The molecule has 1 aliphatic heterocycles. The van der Waals surface area contributed by atoms with E-state index in [1.807, 2.05) is 27.7 Å². The maximum absolute atomic E-state index is 8.64. The molecular weight excluding hydrogens is 142 g/mol. The van der Waals surface area contributed by atoms with Crippen LogP contribution in [0.3, 0.4) is 0 Å². The molecule has 0 aliphatic carbocycles. The molecule has 1 saturated heterocycles. The van der Waals surface area contributed by atoms with E-state index in [4.69, 9.17) is 9.94 Å². The van der Waals surface area contributed by atoms with Crippen molar-refractivity contribution >= 4 is 5.71 Å². The zero-order valence-electron chi connectivity index (χ0n) is 7.51. The van der Waals surface area contributed by atoms with E-state index in [2.05, 4.69) is 5.16 Å². The summed E-state index contributed by atoms with van der Waals surface area (Å²) in [6.07, 6.45) is 0.705. The van der Waals surface area contributed by atoms with E-state index in [1.165, 1.54) is 0 Å². The van der Waals surface area contributed by atoms with Gasteiger partial charge in [0.1, 0.15) is 5.60 Å². The lowest BCUT2D eigenvalue weighted by Gasteiger charge is -2.22. The van der Waals surface area contributed by atoms with E-state index in [0.717, 1.165) is 5.71 Å². The van der Waals surface area contributed by atoms with Gasteiger partial charge in [0.25, 0.3) is 0 Å². The number of hydrogen-bond acceptors (Lipinski definition) is 3. The summed E-state index contributed by atoms with van der Waals surface area (Å²) >= 11 is 0. The Bertz CT molecular complexity index is 194. The van der Waals surface area contributed by atoms with E-state index < -0.39 is 5.60 Å². The molecule has 0 radical (unpaired) electrons. The SMILES string of the molecule is CC1(C)CC(=NO)C(C)(C)O1. The highest BCUT2D eigenvalue weighted by molar-refractivity contribution is 5.93. The Labute approximate surface area is 67.0 Å². The lowest BCUT2D eigenvalue weighted by Crippen LogP contribution is -2.29. The normalized spacial score (nSPS) is 31.1. The number of oxime groups is 1. The molecule has 0 spiro atoms. The van der Waals surface area contributed by atoms with Crippen LogP contribution >= 0.6 is 0 Å². The van der Waals surface area contributed by atoms with E-state index in [-0.39, 0.29) is 5.60 Å². The number of hydrogen-bond donors (Lipinski definition) is 1. The maximum Gasteiger partial charge on any atom is 0.105 e. The predicted molar refractivity (Wildman–Crippen MR) is 43.1 cm³/mol. The van der Waals surface area contributed by atoms with Gasteiger partial charge in [-0.05, 0) is 27.7 Å². The minimum absolute atomic E-state index is 0.189. The summed E-state index contributed by atoms with van der Waals surface area (Å²) in [5.74, 6) is 0. The Kier molecular flexibility index (Phi) is 1.71. The van der Waals surface area contributed by atoms with Gasteiger partial charge < -0.3 is 9.94 Å². The number of rotatable bonds is 0. The predicted octanol–water partition coefficient (Wildman–Crippen LogP) is 1.79. The fourth-order valence-corrected chi connectivity index (χ4v) is 1.56. The molecule has 0 amide bonds. The van der Waals surface area contributed by atoms with E-state index >= 15 is 0 Å². The van der Waals surface area contributed by atoms with Gasteiger partial charge in [-0.25, -0.2) is 0 Å². The molecule has 1 fully saturated rings. The largest absolute Gasteiger partial charge is 0.411 e. The molecule has 3 heteroatoms. The first-order chi connectivity index (χ1) is 4.87. The van der Waals surface area contributed by atoms with Crippen LogP contribution < -0.4 is 0 Å². The minimum atomic E-state index is -0.405. The Morgan fingerprint density at radius 1 is 1.36 bits per heavy atom. The van der Waals surface area contributed by atoms with Gasteiger partial charge in [-0.2, -0.15) is 0 Å². The second kappa shape index (κ2) is 2.21. The fraction of sp³-hybridized carbons (Fsp3) is 0.875. The van der Waals surface area contributed by atoms with Gasteiger partial charge in [0.15, 0.2) is 0 Å². The van der Waals surface area contributed by atoms with Gasteiger partial charge in [-0.3, -0.25) is 0 Å². The summed E-state index contributed by atoms with van der Waals surface area (Å²) in [6.45, 7) is 7.81. The molecule has 0 aromatic heterocycles. The average molecular weight is 157 g/mol. The van der Waals surface area contributed by atoms with Crippen LogP contribution in [0.1, 0.15) is 34.1 Å². The monoisotopic (exact) mass is 157 g/mol. The molecule has 0 saturated carbocycles. The lowest BCUT2D eigenvalue weighted by molar-refractivity contribution is -0.0518. The fourth-order valence-electron chi connectivity index (χ4n) is 1.56. The van der Waals surface area contributed by atoms with Crippen LogP contribution in [0.5, 0.6) is 0 Å². The van der Waals surface area contributed by atoms with E-state index in [0.29, 0.717) is 6.42 Å². The van der Waals surface area contributed by atoms with Crippen molar-refractivity contribution in [2.45, 2.75) is 45.3 Å². The average Bonchev–Trinajstić information content (AvgIpc) is 1.99. The van der Waals surface area contributed by atoms with Crippen LogP contribution in [0.2, 0.25) is 0 Å². The lowest BCUT2D eigenvalue weighted by atomic mass is 9.98. The summed E-state index contributed by atoms with van der Waals surface area (Å²) in [7, 11) is 0. The van der Waals surface area contributed by atoms with Gasteiger partial charge in [-0.15, -0.1) is 0 Å². The molecule has 1 aliphatic rings. The van der Waals surface area contributed by atoms with Crippen LogP contribution in [0.4, 0.5) is 0 Å². The van der Waals surface area contributed by atoms with Gasteiger partial charge in [0.05, 0.1) is 11.3 Å². The highest BCUT2D eigenvalue weighted by atomic mass is 16.5. The molecule has 1 rings (SSSR count). The maximum atomic E-state index is 8.64. The van der Waals surface area contributed by atoms with Crippen molar-refractivity contribution < 1.29 is 9.94 Å². The summed E-state index contributed by atoms with van der Waals surface area (Å²) in [4.78, 5) is 0. The standard InChI is InChI=1S/C8H15NO2/c1-7(2)5-6(9-10)8(3,4)11-7/h10H,5H2,1-4H3. The topological polar surface area (TPSA) is 41.8 Å². The van der Waals surface area contributed by atoms with Crippen LogP contribution in [-0.2, 0) is 4.74 Å². The molecule has 11 heavy (non-hydrogen) atoms. The summed E-state index contributed by atoms with van der Waals surface area (Å²) < 4.78 is 5.65. The Morgan fingerprint density at radius 2 is 1.91 bits per heavy atom. The molecule has 1 heterocycles. The van der Waals surface area contributed by atoms with Crippen molar-refractivity contribution in [1.82, 2.24) is 0 Å². The molecule has 0 aromatic rings. The van der Waals surface area contributed by atoms with Gasteiger partial charge in [0.2, 0.25) is 0 Å². The zero-order chi connectivity index (χ0) is 8.70. The first-order valence-corrected chi connectivity index (χ1v) is 3.79.